The molecular formula is C4H10N2O2S. The molecule has 0 fully saturated rings. The smallest absolute Gasteiger partial charge is 0.216 e. The van der Waals surface area contributed by atoms with Crippen molar-refractivity contribution in [2.45, 2.75) is 19.5 Å². The lowest BCUT2D eigenvalue weighted by atomic mass is 10.3. The molecule has 0 saturated carbocycles. The van der Waals surface area contributed by atoms with Crippen LogP contribution in [0.15, 0.2) is 0 Å². The first-order valence-electron chi connectivity index (χ1n) is 2.55. The maximum Gasteiger partial charge on any atom is 0.216 e. The summed E-state index contributed by atoms with van der Waals surface area (Å²) >= 11 is 0. The second-order valence-electron chi connectivity index (χ2n) is 1.58. The van der Waals surface area contributed by atoms with Crippen molar-refractivity contribution < 1.29 is 8.42 Å². The van der Waals surface area contributed by atoms with Crippen LogP contribution in [0.4, 0.5) is 0 Å². The highest BCUT2D eigenvalue weighted by molar-refractivity contribution is 7.73. The van der Waals surface area contributed by atoms with Gasteiger partial charge in [-0.05, 0) is 6.42 Å². The van der Waals surface area contributed by atoms with Gasteiger partial charge in [-0.25, -0.2) is 0 Å². The lowest BCUT2D eigenvalue weighted by molar-refractivity contribution is 0.626. The molecule has 0 aromatic heterocycles. The number of hydrogen-bond donors (Lipinski definition) is 2. The molecule has 4 nitrogen and oxygen atoms in total. The van der Waals surface area contributed by atoms with E-state index in [-0.39, 0.29) is 4.86 Å². The van der Waals surface area contributed by atoms with Gasteiger partial charge in [0.15, 0.2) is 0 Å². The summed E-state index contributed by atoms with van der Waals surface area (Å²) in [5.74, 6) is 0. The van der Waals surface area contributed by atoms with Gasteiger partial charge in [0, 0.05) is 0 Å². The molecule has 5 heteroatoms. The molecule has 0 spiro atoms. The second kappa shape index (κ2) is 3.60. The van der Waals surface area contributed by atoms with E-state index in [1.54, 1.807) is 6.92 Å². The van der Waals surface area contributed by atoms with Crippen molar-refractivity contribution in [1.82, 2.24) is 0 Å². The zero-order valence-corrected chi connectivity index (χ0v) is 5.98. The van der Waals surface area contributed by atoms with E-state index in [2.05, 4.69) is 0 Å². The van der Waals surface area contributed by atoms with Crippen molar-refractivity contribution in [3.05, 3.63) is 0 Å². The van der Waals surface area contributed by atoms with Crippen LogP contribution in [0.25, 0.3) is 0 Å². The fourth-order valence-electron chi connectivity index (χ4n) is 0.465. The van der Waals surface area contributed by atoms with Crippen LogP contribution in [-0.4, -0.2) is 19.4 Å². The van der Waals surface area contributed by atoms with Crippen LogP contribution in [0.5, 0.6) is 0 Å². The standard InChI is InChI=1S/C4H10N2O2S/c1-2-3(4(5)6)9(7)8/h4H,2,5-6H2,1H3. The van der Waals surface area contributed by atoms with Crippen LogP contribution in [0.2, 0.25) is 0 Å². The highest BCUT2D eigenvalue weighted by Crippen LogP contribution is 1.81. The average molecular weight is 150 g/mol. The van der Waals surface area contributed by atoms with Gasteiger partial charge in [-0.2, -0.15) is 8.42 Å². The van der Waals surface area contributed by atoms with Gasteiger partial charge in [0.05, 0.1) is 11.0 Å². The minimum Gasteiger partial charge on any atom is -0.312 e. The third-order valence-electron chi connectivity index (χ3n) is 0.934. The number of nitrogens with two attached hydrogens (primary N) is 2. The predicted octanol–water partition coefficient (Wildman–Crippen LogP) is -1.31. The predicted molar refractivity (Wildman–Crippen MR) is 36.4 cm³/mol. The monoisotopic (exact) mass is 150 g/mol. The van der Waals surface area contributed by atoms with Gasteiger partial charge in [-0.1, -0.05) is 6.92 Å². The summed E-state index contributed by atoms with van der Waals surface area (Å²) in [6.07, 6.45) is -0.457. The summed E-state index contributed by atoms with van der Waals surface area (Å²) in [5.41, 5.74) is 10.2. The molecule has 0 saturated heterocycles. The van der Waals surface area contributed by atoms with Gasteiger partial charge in [0.1, 0.15) is 0 Å². The lowest BCUT2D eigenvalue weighted by Gasteiger charge is -2.00. The topological polar surface area (TPSA) is 86.2 Å². The van der Waals surface area contributed by atoms with Crippen molar-refractivity contribution in [2.24, 2.45) is 11.5 Å². The van der Waals surface area contributed by atoms with E-state index in [1.807, 2.05) is 0 Å². The average Bonchev–Trinajstić information content (AvgIpc) is 1.64. The molecule has 0 aliphatic carbocycles. The van der Waals surface area contributed by atoms with Crippen LogP contribution in [0.3, 0.4) is 0 Å². The molecular weight excluding hydrogens is 140 g/mol. The molecule has 0 atom stereocenters. The third kappa shape index (κ3) is 2.59. The van der Waals surface area contributed by atoms with Crippen LogP contribution in [0.1, 0.15) is 13.3 Å². The quantitative estimate of drug-likeness (QED) is 0.378. The van der Waals surface area contributed by atoms with E-state index < -0.39 is 16.5 Å². The van der Waals surface area contributed by atoms with Gasteiger partial charge in [-0.3, -0.25) is 0 Å². The Morgan fingerprint density at radius 3 is 2.00 bits per heavy atom. The van der Waals surface area contributed by atoms with E-state index in [1.165, 1.54) is 0 Å². The van der Waals surface area contributed by atoms with Crippen LogP contribution in [0, 0.1) is 0 Å². The van der Waals surface area contributed by atoms with E-state index in [0.29, 0.717) is 6.42 Å². The molecule has 0 bridgehead atoms. The lowest BCUT2D eigenvalue weighted by Crippen LogP contribution is -2.39. The molecule has 0 amide bonds. The second-order valence-corrected chi connectivity index (χ2v) is 2.57. The summed E-state index contributed by atoms with van der Waals surface area (Å²) in [7, 11) is -2.22. The zero-order chi connectivity index (χ0) is 7.44. The van der Waals surface area contributed by atoms with Crippen LogP contribution >= 0.6 is 0 Å². The summed E-state index contributed by atoms with van der Waals surface area (Å²) < 4.78 is 20.3. The van der Waals surface area contributed by atoms with Gasteiger partial charge < -0.3 is 11.5 Å². The molecule has 0 aliphatic heterocycles. The number of rotatable bonds is 2. The normalized spacial score (nSPS) is 9.78. The first kappa shape index (κ1) is 8.61. The first-order valence-corrected chi connectivity index (χ1v) is 3.63. The fourth-order valence-corrected chi connectivity index (χ4v) is 0.923. The molecule has 0 unspecified atom stereocenters. The SMILES string of the molecule is CCC(C(N)N)=S(=O)=O. The van der Waals surface area contributed by atoms with Crippen molar-refractivity contribution in [2.75, 3.05) is 0 Å². The summed E-state index contributed by atoms with van der Waals surface area (Å²) in [6.45, 7) is 1.69. The number of hydrogen-bond acceptors (Lipinski definition) is 4. The highest BCUT2D eigenvalue weighted by Gasteiger charge is 2.03. The van der Waals surface area contributed by atoms with Gasteiger partial charge in [0.25, 0.3) is 0 Å². The Morgan fingerprint density at radius 2 is 2.00 bits per heavy atom. The van der Waals surface area contributed by atoms with Crippen molar-refractivity contribution in [3.63, 3.8) is 0 Å². The van der Waals surface area contributed by atoms with E-state index in [0.717, 1.165) is 0 Å². The largest absolute Gasteiger partial charge is 0.312 e. The summed E-state index contributed by atoms with van der Waals surface area (Å²) in [6, 6.07) is 0. The summed E-state index contributed by atoms with van der Waals surface area (Å²) in [5, 5.41) is 0. The van der Waals surface area contributed by atoms with E-state index >= 15 is 0 Å². The van der Waals surface area contributed by atoms with Crippen molar-refractivity contribution in [1.29, 1.82) is 0 Å². The molecule has 0 radical (unpaired) electrons. The first-order chi connectivity index (χ1) is 4.09. The van der Waals surface area contributed by atoms with Gasteiger partial charge in [0.2, 0.25) is 10.3 Å². The maximum atomic E-state index is 10.2. The Kier molecular flexibility index (Phi) is 3.44. The Morgan fingerprint density at radius 1 is 1.56 bits per heavy atom. The zero-order valence-electron chi connectivity index (χ0n) is 5.16. The Hall–Kier alpha value is -0.390. The maximum absolute atomic E-state index is 10.2. The molecule has 0 aliphatic rings. The highest BCUT2D eigenvalue weighted by atomic mass is 32.2. The minimum atomic E-state index is -2.22. The molecule has 0 aromatic carbocycles. The Bertz CT molecular complexity index is 197. The van der Waals surface area contributed by atoms with E-state index in [4.69, 9.17) is 11.5 Å². The van der Waals surface area contributed by atoms with Crippen molar-refractivity contribution in [3.8, 4) is 0 Å². The molecule has 9 heavy (non-hydrogen) atoms. The van der Waals surface area contributed by atoms with Crippen molar-refractivity contribution >= 4 is 15.2 Å². The molecule has 0 heterocycles. The van der Waals surface area contributed by atoms with Gasteiger partial charge >= 0.3 is 0 Å². The van der Waals surface area contributed by atoms with Crippen LogP contribution in [-0.2, 0) is 10.3 Å². The summed E-state index contributed by atoms with van der Waals surface area (Å²) in [4.78, 5) is 0.162. The minimum absolute atomic E-state index is 0.162. The molecule has 54 valence electrons. The van der Waals surface area contributed by atoms with Gasteiger partial charge in [-0.15, -0.1) is 0 Å². The fraction of sp³-hybridized carbons (Fsp3) is 0.750. The Labute approximate surface area is 55.4 Å². The molecule has 0 aromatic rings. The Balaban J connectivity index is 4.58. The third-order valence-corrected chi connectivity index (χ3v) is 1.92. The van der Waals surface area contributed by atoms with E-state index in [9.17, 15) is 8.42 Å². The van der Waals surface area contributed by atoms with Crippen LogP contribution < -0.4 is 11.5 Å². The molecule has 0 rings (SSSR count). The molecule has 4 N–H and O–H groups in total.